The molecule has 1 heterocycles. The summed E-state index contributed by atoms with van der Waals surface area (Å²) in [6.45, 7) is -2.52. The summed E-state index contributed by atoms with van der Waals surface area (Å²) in [5.41, 5.74) is 0. The Kier molecular flexibility index (Phi) is 10.9. The number of carbonyl (C=O) groups is 6. The van der Waals surface area contributed by atoms with Crippen LogP contribution >= 0.6 is 0 Å². The molecule has 27 heavy (non-hydrogen) atoms. The summed E-state index contributed by atoms with van der Waals surface area (Å²) in [7, 11) is 0. The van der Waals surface area contributed by atoms with E-state index in [-0.39, 0.29) is 13.0 Å². The van der Waals surface area contributed by atoms with Gasteiger partial charge in [0.15, 0.2) is 0 Å². The third kappa shape index (κ3) is 11.2. The van der Waals surface area contributed by atoms with Gasteiger partial charge in [0.1, 0.15) is 18.4 Å². The first-order valence-electron chi connectivity index (χ1n) is 7.21. The molecule has 152 valence electrons. The van der Waals surface area contributed by atoms with Crippen LogP contribution in [0.25, 0.3) is 0 Å². The van der Waals surface area contributed by atoms with Crippen molar-refractivity contribution in [1.29, 1.82) is 0 Å². The topological polar surface area (TPSA) is 226 Å². The summed E-state index contributed by atoms with van der Waals surface area (Å²) >= 11 is 0. The molecule has 1 fully saturated rings. The van der Waals surface area contributed by atoms with Gasteiger partial charge in [0.2, 0.25) is 0 Å². The van der Waals surface area contributed by atoms with Crippen molar-refractivity contribution in [2.75, 3.05) is 13.1 Å². The predicted octanol–water partition coefficient (Wildman–Crippen LogP) is -3.50. The van der Waals surface area contributed by atoms with Crippen LogP contribution in [0.2, 0.25) is 0 Å². The van der Waals surface area contributed by atoms with Crippen LogP contribution in [0.4, 0.5) is 0 Å². The van der Waals surface area contributed by atoms with Gasteiger partial charge in [0, 0.05) is 0 Å². The maximum absolute atomic E-state index is 11.1. The summed E-state index contributed by atoms with van der Waals surface area (Å²) in [6, 6.07) is -2.32. The van der Waals surface area contributed by atoms with E-state index in [2.05, 4.69) is 20.1 Å². The van der Waals surface area contributed by atoms with E-state index in [0.717, 1.165) is 0 Å². The number of aliphatic hydroxyl groups excluding tert-OH is 1. The van der Waals surface area contributed by atoms with Crippen LogP contribution in [0.1, 0.15) is 12.8 Å². The summed E-state index contributed by atoms with van der Waals surface area (Å²) in [4.78, 5) is 62.4. The van der Waals surface area contributed by atoms with Crippen LogP contribution in [-0.2, 0) is 38.2 Å². The molecule has 0 aliphatic carbocycles. The van der Waals surface area contributed by atoms with Gasteiger partial charge in [-0.3, -0.25) is 34.6 Å². The van der Waals surface area contributed by atoms with Crippen molar-refractivity contribution >= 4 is 36.1 Å². The average molecular weight is 394 g/mol. The summed E-state index contributed by atoms with van der Waals surface area (Å²) in [5.74, 6) is -5.53. The molecule has 0 aromatic rings. The van der Waals surface area contributed by atoms with Gasteiger partial charge in [0.25, 0.3) is 0 Å². The van der Waals surface area contributed by atoms with Crippen molar-refractivity contribution in [1.82, 2.24) is 10.6 Å². The summed E-state index contributed by atoms with van der Waals surface area (Å²) < 4.78 is 8.52. The Morgan fingerprint density at radius 2 is 1.78 bits per heavy atom. The number of hydrogen-bond acceptors (Lipinski definition) is 11. The van der Waals surface area contributed by atoms with Gasteiger partial charge in [-0.15, -0.1) is 0 Å². The van der Waals surface area contributed by atoms with Crippen molar-refractivity contribution in [2.45, 2.75) is 31.4 Å². The normalized spacial score (nSPS) is 20.0. The molecule has 0 aromatic carbocycles. The number of hydrogen-bond donors (Lipinski definition) is 6. The number of carboxylic acid groups (broad SMARTS) is 3. The SMILES string of the molecule is O=C(O)CNC(CC(=O)O)C(=O)O.O=CCNC1CC(=O)OC(O)OC1=O. The number of carboxylic acids is 3. The van der Waals surface area contributed by atoms with Crippen molar-refractivity contribution in [2.24, 2.45) is 0 Å². The van der Waals surface area contributed by atoms with Crippen LogP contribution < -0.4 is 10.6 Å². The lowest BCUT2D eigenvalue weighted by atomic mass is 10.2. The van der Waals surface area contributed by atoms with Crippen molar-refractivity contribution in [3.05, 3.63) is 0 Å². The molecule has 0 bridgehead atoms. The van der Waals surface area contributed by atoms with Crippen molar-refractivity contribution < 1.29 is 58.7 Å². The molecule has 0 saturated carbocycles. The zero-order valence-electron chi connectivity index (χ0n) is 13.7. The van der Waals surface area contributed by atoms with E-state index in [4.69, 9.17) is 20.4 Å². The number of aldehydes is 1. The van der Waals surface area contributed by atoms with Crippen LogP contribution in [-0.4, -0.2) is 88.2 Å². The van der Waals surface area contributed by atoms with E-state index in [0.29, 0.717) is 6.29 Å². The highest BCUT2D eigenvalue weighted by Crippen LogP contribution is 2.07. The molecule has 14 heteroatoms. The third-order valence-electron chi connectivity index (χ3n) is 2.73. The number of carbonyl (C=O) groups excluding carboxylic acids is 3. The number of aliphatic carboxylic acids is 3. The van der Waals surface area contributed by atoms with Crippen LogP contribution in [0, 0.1) is 0 Å². The van der Waals surface area contributed by atoms with E-state index in [1.165, 1.54) is 0 Å². The van der Waals surface area contributed by atoms with Gasteiger partial charge in [-0.1, -0.05) is 0 Å². The Morgan fingerprint density at radius 3 is 2.26 bits per heavy atom. The van der Waals surface area contributed by atoms with E-state index in [1.54, 1.807) is 0 Å². The standard InChI is InChI=1S/C7H9NO6.C6H9NO6/c9-2-1-8-4-3-5(10)13-7(12)14-6(4)11;8-4(9)1-3(6(12)13)7-2-5(10)11/h2,4,7-8,12H,1,3H2;3,7H,1-2H2,(H,8,9)(H,10,11)(H,12,13). The Balaban J connectivity index is 0.000000503. The highest BCUT2D eigenvalue weighted by molar-refractivity contribution is 5.84. The predicted molar refractivity (Wildman–Crippen MR) is 80.0 cm³/mol. The molecule has 1 rings (SSSR count). The fourth-order valence-corrected chi connectivity index (χ4v) is 1.59. The van der Waals surface area contributed by atoms with Crippen LogP contribution in [0.15, 0.2) is 0 Å². The Bertz CT molecular complexity index is 578. The molecule has 0 radical (unpaired) electrons. The molecular weight excluding hydrogens is 376 g/mol. The Hall–Kier alpha value is -3.10. The second kappa shape index (κ2) is 12.3. The minimum Gasteiger partial charge on any atom is -0.481 e. The second-order valence-corrected chi connectivity index (χ2v) is 4.83. The van der Waals surface area contributed by atoms with Gasteiger partial charge >= 0.3 is 36.3 Å². The molecule has 0 spiro atoms. The second-order valence-electron chi connectivity index (χ2n) is 4.83. The first-order chi connectivity index (χ1) is 12.6. The van der Waals surface area contributed by atoms with E-state index in [9.17, 15) is 28.8 Å². The molecule has 3 atom stereocenters. The minimum atomic E-state index is -1.86. The molecule has 6 N–H and O–H groups in total. The molecular formula is C13H18N2O12. The molecule has 1 saturated heterocycles. The Labute approximate surface area is 151 Å². The molecule has 14 nitrogen and oxygen atoms in total. The van der Waals surface area contributed by atoms with Crippen LogP contribution in [0.3, 0.4) is 0 Å². The lowest BCUT2D eigenvalue weighted by Gasteiger charge is -2.10. The summed E-state index contributed by atoms with van der Waals surface area (Å²) in [5, 5.41) is 38.2. The number of aliphatic hydroxyl groups is 1. The zero-order valence-corrected chi connectivity index (χ0v) is 13.7. The maximum atomic E-state index is 11.1. The van der Waals surface area contributed by atoms with E-state index in [1.807, 2.05) is 0 Å². The smallest absolute Gasteiger partial charge is 0.362 e. The van der Waals surface area contributed by atoms with E-state index >= 15 is 0 Å². The number of esters is 2. The molecule has 0 amide bonds. The Morgan fingerprint density at radius 1 is 1.15 bits per heavy atom. The minimum absolute atomic E-state index is 0.0802. The number of ether oxygens (including phenoxy) is 2. The lowest BCUT2D eigenvalue weighted by Crippen LogP contribution is -2.41. The number of cyclic esters (lactones) is 2. The van der Waals surface area contributed by atoms with Crippen molar-refractivity contribution in [3.8, 4) is 0 Å². The van der Waals surface area contributed by atoms with Gasteiger partial charge < -0.3 is 34.7 Å². The lowest BCUT2D eigenvalue weighted by molar-refractivity contribution is -0.240. The largest absolute Gasteiger partial charge is 0.481 e. The van der Waals surface area contributed by atoms with Gasteiger partial charge in [-0.05, 0) is 0 Å². The first kappa shape index (κ1) is 23.9. The number of rotatable bonds is 9. The fraction of sp³-hybridized carbons (Fsp3) is 0.538. The highest BCUT2D eigenvalue weighted by atomic mass is 16.8. The highest BCUT2D eigenvalue weighted by Gasteiger charge is 2.31. The average Bonchev–Trinajstić information content (AvgIpc) is 2.66. The zero-order chi connectivity index (χ0) is 21.0. The molecule has 0 aromatic heterocycles. The third-order valence-corrected chi connectivity index (χ3v) is 2.73. The molecule has 3 unspecified atom stereocenters. The van der Waals surface area contributed by atoms with Crippen LogP contribution in [0.5, 0.6) is 0 Å². The van der Waals surface area contributed by atoms with E-state index < -0.39 is 61.4 Å². The fourth-order valence-electron chi connectivity index (χ4n) is 1.59. The van der Waals surface area contributed by atoms with Gasteiger partial charge in [0.05, 0.1) is 25.9 Å². The first-order valence-corrected chi connectivity index (χ1v) is 7.21. The van der Waals surface area contributed by atoms with Gasteiger partial charge in [-0.25, -0.2) is 0 Å². The monoisotopic (exact) mass is 394 g/mol. The van der Waals surface area contributed by atoms with Crippen molar-refractivity contribution in [3.63, 3.8) is 0 Å². The van der Waals surface area contributed by atoms with Gasteiger partial charge in [-0.2, -0.15) is 0 Å². The maximum Gasteiger partial charge on any atom is 0.362 e. The summed E-state index contributed by atoms with van der Waals surface area (Å²) in [6.07, 6.45) is -0.383. The quantitative estimate of drug-likeness (QED) is 0.165. The molecule has 1 aliphatic rings. The molecule has 1 aliphatic heterocycles. The number of nitrogens with one attached hydrogen (secondary N) is 2.